The van der Waals surface area contributed by atoms with Crippen LogP contribution in [0.4, 0.5) is 0 Å². The van der Waals surface area contributed by atoms with Crippen molar-refractivity contribution in [3.63, 3.8) is 0 Å². The Morgan fingerprint density at radius 1 is 1.35 bits per heavy atom. The number of hydrogen-bond acceptors (Lipinski definition) is 4. The summed E-state index contributed by atoms with van der Waals surface area (Å²) >= 11 is 0. The molecule has 5 heteroatoms. The quantitative estimate of drug-likeness (QED) is 0.886. The summed E-state index contributed by atoms with van der Waals surface area (Å²) in [4.78, 5) is 13.9. The van der Waals surface area contributed by atoms with Gasteiger partial charge < -0.3 is 19.7 Å². The molecule has 1 amide bonds. The maximum atomic E-state index is 11.8. The lowest BCUT2D eigenvalue weighted by Crippen LogP contribution is -2.35. The fraction of sp³-hybridized carbons (Fsp3) is 0.533. The molecule has 5 nitrogen and oxygen atoms in total. The first-order valence-corrected chi connectivity index (χ1v) is 6.99. The van der Waals surface area contributed by atoms with E-state index in [0.29, 0.717) is 6.54 Å². The summed E-state index contributed by atoms with van der Waals surface area (Å²) in [5, 5.41) is 3.04. The molecule has 1 aromatic rings. The van der Waals surface area contributed by atoms with Crippen LogP contribution in [0.1, 0.15) is 24.4 Å². The highest BCUT2D eigenvalue weighted by atomic mass is 16.7. The Morgan fingerprint density at radius 3 is 2.80 bits per heavy atom. The highest BCUT2D eigenvalue weighted by Gasteiger charge is 2.30. The van der Waals surface area contributed by atoms with Crippen LogP contribution in [0, 0.1) is 5.92 Å². The molecule has 108 valence electrons. The molecule has 0 aromatic heterocycles. The molecule has 2 aliphatic rings. The average molecular weight is 276 g/mol. The van der Waals surface area contributed by atoms with Gasteiger partial charge in [-0.15, -0.1) is 0 Å². The Balaban J connectivity index is 1.70. The monoisotopic (exact) mass is 276 g/mol. The number of nitrogens with one attached hydrogen (secondary N) is 1. The molecule has 0 radical (unpaired) electrons. The van der Waals surface area contributed by atoms with E-state index in [4.69, 9.17) is 9.47 Å². The zero-order valence-corrected chi connectivity index (χ0v) is 11.9. The minimum atomic E-state index is 0.132. The van der Waals surface area contributed by atoms with E-state index in [1.54, 1.807) is 0 Å². The first-order valence-electron chi connectivity index (χ1n) is 6.99. The summed E-state index contributed by atoms with van der Waals surface area (Å²) in [6.07, 6.45) is 2.06. The van der Waals surface area contributed by atoms with Crippen LogP contribution >= 0.6 is 0 Å². The van der Waals surface area contributed by atoms with Gasteiger partial charge in [0, 0.05) is 12.5 Å². The van der Waals surface area contributed by atoms with Crippen LogP contribution in [0.15, 0.2) is 18.2 Å². The number of likely N-dealkylation sites (N-methyl/N-ethyl adjacent to an activating group) is 1. The molecule has 0 unspecified atom stereocenters. The Kier molecular flexibility index (Phi) is 3.53. The van der Waals surface area contributed by atoms with E-state index in [0.717, 1.165) is 29.9 Å². The molecule has 1 aliphatic heterocycles. The van der Waals surface area contributed by atoms with Gasteiger partial charge in [-0.25, -0.2) is 0 Å². The lowest BCUT2D eigenvalue weighted by atomic mass is 10.1. The van der Waals surface area contributed by atoms with Gasteiger partial charge in [0.05, 0.1) is 6.04 Å². The van der Waals surface area contributed by atoms with Gasteiger partial charge in [-0.05, 0) is 44.6 Å². The van der Waals surface area contributed by atoms with Crippen molar-refractivity contribution in [2.24, 2.45) is 5.92 Å². The molecule has 0 spiro atoms. The first-order chi connectivity index (χ1) is 9.65. The number of nitrogens with zero attached hydrogens (tertiary/aromatic N) is 1. The molecule has 1 aliphatic carbocycles. The first kappa shape index (κ1) is 13.2. The van der Waals surface area contributed by atoms with Gasteiger partial charge in [-0.1, -0.05) is 6.07 Å². The van der Waals surface area contributed by atoms with Gasteiger partial charge in [-0.3, -0.25) is 4.79 Å². The summed E-state index contributed by atoms with van der Waals surface area (Å²) in [5.74, 6) is 1.99. The zero-order valence-electron chi connectivity index (χ0n) is 11.9. The van der Waals surface area contributed by atoms with Crippen molar-refractivity contribution >= 4 is 5.91 Å². The highest BCUT2D eigenvalue weighted by molar-refractivity contribution is 5.80. The minimum absolute atomic E-state index is 0.132. The van der Waals surface area contributed by atoms with Gasteiger partial charge in [0.1, 0.15) is 0 Å². The number of fused-ring (bicyclic) bond motifs is 1. The number of ether oxygens (including phenoxy) is 2. The van der Waals surface area contributed by atoms with Gasteiger partial charge in [0.15, 0.2) is 11.5 Å². The second kappa shape index (κ2) is 5.32. The van der Waals surface area contributed by atoms with Crippen molar-refractivity contribution in [1.29, 1.82) is 0 Å². The standard InChI is InChI=1S/C15H20N2O3/c1-17(2)12(8-16-15(18)10-3-4-10)11-5-6-13-14(7-11)20-9-19-13/h5-7,10,12H,3-4,8-9H2,1-2H3,(H,16,18)/t12-/m1/s1. The Bertz CT molecular complexity index is 512. The molecular formula is C15H20N2O3. The second-order valence-electron chi connectivity index (χ2n) is 5.61. The molecular weight excluding hydrogens is 256 g/mol. The van der Waals surface area contributed by atoms with Gasteiger partial charge in [0.2, 0.25) is 12.7 Å². The predicted octanol–water partition coefficient (Wildman–Crippen LogP) is 1.54. The van der Waals surface area contributed by atoms with Crippen LogP contribution in [0.2, 0.25) is 0 Å². The molecule has 1 aromatic carbocycles. The third kappa shape index (κ3) is 2.72. The molecule has 0 saturated heterocycles. The molecule has 1 heterocycles. The van der Waals surface area contributed by atoms with Gasteiger partial charge in [-0.2, -0.15) is 0 Å². The predicted molar refractivity (Wildman–Crippen MR) is 74.7 cm³/mol. The fourth-order valence-corrected chi connectivity index (χ4v) is 2.41. The molecule has 1 saturated carbocycles. The number of carbonyl (C=O) groups excluding carboxylic acids is 1. The Labute approximate surface area is 118 Å². The summed E-state index contributed by atoms with van der Waals surface area (Å²) in [5.41, 5.74) is 1.12. The SMILES string of the molecule is CN(C)[C@H](CNC(=O)C1CC1)c1ccc2c(c1)OCO2. The molecule has 1 N–H and O–H groups in total. The summed E-state index contributed by atoms with van der Waals surface area (Å²) in [7, 11) is 4.02. The van der Waals surface area contributed by atoms with E-state index >= 15 is 0 Å². The van der Waals surface area contributed by atoms with Crippen LogP contribution in [-0.4, -0.2) is 38.2 Å². The maximum absolute atomic E-state index is 11.8. The van der Waals surface area contributed by atoms with Crippen LogP contribution in [0.25, 0.3) is 0 Å². The lowest BCUT2D eigenvalue weighted by molar-refractivity contribution is -0.122. The number of benzene rings is 1. The zero-order chi connectivity index (χ0) is 14.1. The number of hydrogen-bond donors (Lipinski definition) is 1. The van der Waals surface area contributed by atoms with Crippen molar-refractivity contribution in [2.75, 3.05) is 27.4 Å². The average Bonchev–Trinajstić information content (AvgIpc) is 3.17. The number of rotatable bonds is 5. The van der Waals surface area contributed by atoms with Crippen molar-refractivity contribution in [3.8, 4) is 11.5 Å². The van der Waals surface area contributed by atoms with Crippen LogP contribution in [0.5, 0.6) is 11.5 Å². The van der Waals surface area contributed by atoms with E-state index in [-0.39, 0.29) is 24.7 Å². The van der Waals surface area contributed by atoms with Crippen molar-refractivity contribution < 1.29 is 14.3 Å². The molecule has 1 fully saturated rings. The summed E-state index contributed by atoms with van der Waals surface area (Å²) in [6.45, 7) is 0.895. The summed E-state index contributed by atoms with van der Waals surface area (Å²) in [6, 6.07) is 6.08. The molecule has 20 heavy (non-hydrogen) atoms. The topological polar surface area (TPSA) is 50.8 Å². The highest BCUT2D eigenvalue weighted by Crippen LogP contribution is 2.35. The lowest BCUT2D eigenvalue weighted by Gasteiger charge is -2.25. The Hall–Kier alpha value is -1.75. The van der Waals surface area contributed by atoms with Crippen LogP contribution < -0.4 is 14.8 Å². The largest absolute Gasteiger partial charge is 0.454 e. The van der Waals surface area contributed by atoms with E-state index in [9.17, 15) is 4.79 Å². The van der Waals surface area contributed by atoms with Gasteiger partial charge >= 0.3 is 0 Å². The molecule has 3 rings (SSSR count). The Morgan fingerprint density at radius 2 is 2.10 bits per heavy atom. The van der Waals surface area contributed by atoms with E-state index in [1.807, 2.05) is 32.3 Å². The van der Waals surface area contributed by atoms with Crippen LogP contribution in [-0.2, 0) is 4.79 Å². The summed E-state index contributed by atoms with van der Waals surface area (Å²) < 4.78 is 10.7. The number of carbonyl (C=O) groups is 1. The number of amides is 1. The molecule has 0 bridgehead atoms. The maximum Gasteiger partial charge on any atom is 0.231 e. The van der Waals surface area contributed by atoms with E-state index in [2.05, 4.69) is 10.2 Å². The fourth-order valence-electron chi connectivity index (χ4n) is 2.41. The van der Waals surface area contributed by atoms with Crippen molar-refractivity contribution in [1.82, 2.24) is 10.2 Å². The molecule has 1 atom stereocenters. The van der Waals surface area contributed by atoms with E-state index < -0.39 is 0 Å². The van der Waals surface area contributed by atoms with Crippen molar-refractivity contribution in [3.05, 3.63) is 23.8 Å². The van der Waals surface area contributed by atoms with Gasteiger partial charge in [0.25, 0.3) is 0 Å². The third-order valence-electron chi connectivity index (χ3n) is 3.82. The second-order valence-corrected chi connectivity index (χ2v) is 5.61. The minimum Gasteiger partial charge on any atom is -0.454 e. The van der Waals surface area contributed by atoms with E-state index in [1.165, 1.54) is 0 Å². The third-order valence-corrected chi connectivity index (χ3v) is 3.82. The van der Waals surface area contributed by atoms with Crippen LogP contribution in [0.3, 0.4) is 0 Å². The normalized spacial score (nSPS) is 18.1. The smallest absolute Gasteiger partial charge is 0.231 e. The van der Waals surface area contributed by atoms with Crippen molar-refractivity contribution in [2.45, 2.75) is 18.9 Å².